The molecule has 0 aliphatic heterocycles. The molecule has 0 aliphatic rings. The van der Waals surface area contributed by atoms with E-state index >= 15 is 0 Å². The third kappa shape index (κ3) is 8.77. The highest BCUT2D eigenvalue weighted by atomic mass is 35.5. The molecule has 0 saturated heterocycles. The fourth-order valence-corrected chi connectivity index (χ4v) is 2.97. The maximum atomic E-state index is 14.7. The standard InChI is InChI=1S/C20H16ClF2N3O6.C3H6O3/c21-12-3-4-14(22)13(6-12)10-1-2-11(15(23)5-10)8-26(9-16(27)20(30)31)24-19(29)17-7-18(28)25-32-17;1-2(4)3(5)6/h1-7,16,27H,8-9H2,(H,24,29)(H,25,28)(H,30,31);2,4H,1H3,(H,5,6)/t16-;/m1./s1. The predicted molar refractivity (Wildman–Crippen MR) is 127 cm³/mol. The van der Waals surface area contributed by atoms with Gasteiger partial charge in [-0.3, -0.25) is 15.0 Å². The summed E-state index contributed by atoms with van der Waals surface area (Å²) in [4.78, 5) is 43.8. The Bertz CT molecular complexity index is 1360. The van der Waals surface area contributed by atoms with E-state index in [2.05, 4.69) is 9.95 Å². The molecule has 204 valence electrons. The molecule has 0 aliphatic carbocycles. The van der Waals surface area contributed by atoms with Gasteiger partial charge in [-0.2, -0.15) is 5.16 Å². The Kier molecular flexibility index (Phi) is 10.7. The molecule has 1 unspecified atom stereocenters. The zero-order valence-electron chi connectivity index (χ0n) is 19.5. The number of aliphatic hydroxyl groups excluding tert-OH is 2. The number of rotatable bonds is 9. The van der Waals surface area contributed by atoms with Crippen LogP contribution in [0, 0.1) is 11.6 Å². The van der Waals surface area contributed by atoms with Gasteiger partial charge in [-0.25, -0.2) is 23.4 Å². The Morgan fingerprint density at radius 1 is 1.05 bits per heavy atom. The topological polar surface area (TPSA) is 193 Å². The Morgan fingerprint density at radius 2 is 1.71 bits per heavy atom. The highest BCUT2D eigenvalue weighted by molar-refractivity contribution is 6.30. The van der Waals surface area contributed by atoms with E-state index in [1.807, 2.05) is 5.16 Å². The lowest BCUT2D eigenvalue weighted by atomic mass is 10.0. The predicted octanol–water partition coefficient (Wildman–Crippen LogP) is 1.61. The first kappa shape index (κ1) is 30.1. The average molecular weight is 558 g/mol. The maximum Gasteiger partial charge on any atom is 0.333 e. The molecule has 0 radical (unpaired) electrons. The van der Waals surface area contributed by atoms with Gasteiger partial charge in [-0.1, -0.05) is 23.7 Å². The van der Waals surface area contributed by atoms with Crippen LogP contribution in [0.2, 0.25) is 5.02 Å². The minimum Gasteiger partial charge on any atom is -0.479 e. The number of hydrogen-bond acceptors (Lipinski definition) is 8. The van der Waals surface area contributed by atoms with E-state index in [-0.39, 0.29) is 28.3 Å². The van der Waals surface area contributed by atoms with Crippen LogP contribution in [-0.2, 0) is 16.1 Å². The van der Waals surface area contributed by atoms with Crippen molar-refractivity contribution in [2.24, 2.45) is 0 Å². The van der Waals surface area contributed by atoms with Crippen LogP contribution in [0.25, 0.3) is 11.1 Å². The SMILES string of the molecule is CC(O)C(=O)O.O=C(NN(Cc1ccc(-c2cc(Cl)ccc2F)cc1F)C[C@@H](O)C(=O)O)c1cc(=O)[nH]o1. The number of H-pyrrole nitrogens is 1. The molecular formula is C23H22ClF2N3O9. The van der Waals surface area contributed by atoms with Crippen LogP contribution >= 0.6 is 11.6 Å². The van der Waals surface area contributed by atoms with Gasteiger partial charge in [0.15, 0.2) is 6.10 Å². The summed E-state index contributed by atoms with van der Waals surface area (Å²) < 4.78 is 33.5. The second kappa shape index (κ2) is 13.4. The molecule has 1 aromatic heterocycles. The zero-order chi connectivity index (χ0) is 28.6. The molecule has 6 N–H and O–H groups in total. The number of carbonyl (C=O) groups excluding carboxylic acids is 1. The molecule has 3 aromatic rings. The second-order valence-corrected chi connectivity index (χ2v) is 8.13. The first-order chi connectivity index (χ1) is 17.8. The molecule has 15 heteroatoms. The van der Waals surface area contributed by atoms with Crippen LogP contribution in [0.3, 0.4) is 0 Å². The van der Waals surface area contributed by atoms with E-state index in [1.54, 1.807) is 0 Å². The van der Waals surface area contributed by atoms with Crippen LogP contribution in [-0.4, -0.2) is 67.2 Å². The van der Waals surface area contributed by atoms with Crippen molar-refractivity contribution in [1.29, 1.82) is 0 Å². The van der Waals surface area contributed by atoms with Gasteiger partial charge >= 0.3 is 17.8 Å². The molecule has 0 spiro atoms. The summed E-state index contributed by atoms with van der Waals surface area (Å²) in [5.41, 5.74) is 1.86. The number of aliphatic carboxylic acids is 2. The third-order valence-corrected chi connectivity index (χ3v) is 4.93. The van der Waals surface area contributed by atoms with E-state index in [1.165, 1.54) is 31.2 Å². The van der Waals surface area contributed by atoms with Crippen molar-refractivity contribution < 1.29 is 48.1 Å². The summed E-state index contributed by atoms with van der Waals surface area (Å²) in [5, 5.41) is 37.5. The van der Waals surface area contributed by atoms with Crippen molar-refractivity contribution in [2.75, 3.05) is 6.54 Å². The molecule has 12 nitrogen and oxygen atoms in total. The number of carbonyl (C=O) groups is 3. The van der Waals surface area contributed by atoms with Crippen LogP contribution in [0.1, 0.15) is 23.0 Å². The molecular weight excluding hydrogens is 536 g/mol. The van der Waals surface area contributed by atoms with Crippen LogP contribution < -0.4 is 11.0 Å². The van der Waals surface area contributed by atoms with E-state index in [0.717, 1.165) is 23.2 Å². The fourth-order valence-electron chi connectivity index (χ4n) is 2.80. The number of benzene rings is 2. The number of aliphatic hydroxyl groups is 2. The Balaban J connectivity index is 0.000000757. The lowest BCUT2D eigenvalue weighted by molar-refractivity contribution is -0.148. The molecule has 1 amide bonds. The molecule has 2 atom stereocenters. The van der Waals surface area contributed by atoms with E-state index in [9.17, 15) is 33.1 Å². The monoisotopic (exact) mass is 557 g/mol. The number of aromatic amines is 1. The van der Waals surface area contributed by atoms with Crippen molar-refractivity contribution >= 4 is 29.4 Å². The van der Waals surface area contributed by atoms with Crippen molar-refractivity contribution in [3.63, 3.8) is 0 Å². The average Bonchev–Trinajstić information content (AvgIpc) is 3.28. The summed E-state index contributed by atoms with van der Waals surface area (Å²) in [6, 6.07) is 8.49. The lowest BCUT2D eigenvalue weighted by Crippen LogP contribution is -2.47. The summed E-state index contributed by atoms with van der Waals surface area (Å²) in [6.45, 7) is 0.219. The van der Waals surface area contributed by atoms with Gasteiger partial charge in [0.1, 0.15) is 17.7 Å². The number of hydrogen-bond donors (Lipinski definition) is 6. The Hall–Kier alpha value is -4.11. The fraction of sp³-hybridized carbons (Fsp3) is 0.217. The number of hydrazine groups is 1. The quantitative estimate of drug-likeness (QED) is 0.210. The summed E-state index contributed by atoms with van der Waals surface area (Å²) in [6.07, 6.45) is -3.14. The number of nitrogens with one attached hydrogen (secondary N) is 2. The zero-order valence-corrected chi connectivity index (χ0v) is 20.3. The minimum absolute atomic E-state index is 0.00426. The van der Waals surface area contributed by atoms with Gasteiger partial charge in [0.25, 0.3) is 5.56 Å². The van der Waals surface area contributed by atoms with Gasteiger partial charge in [0.2, 0.25) is 5.76 Å². The van der Waals surface area contributed by atoms with Crippen molar-refractivity contribution in [3.8, 4) is 11.1 Å². The van der Waals surface area contributed by atoms with Gasteiger partial charge in [-0.15, -0.1) is 0 Å². The molecule has 1 heterocycles. The number of nitrogens with zero attached hydrogens (tertiary/aromatic N) is 1. The lowest BCUT2D eigenvalue weighted by Gasteiger charge is -2.24. The smallest absolute Gasteiger partial charge is 0.333 e. The van der Waals surface area contributed by atoms with Gasteiger partial charge in [-0.05, 0) is 36.8 Å². The van der Waals surface area contributed by atoms with E-state index in [4.69, 9.17) is 26.9 Å². The van der Waals surface area contributed by atoms with Crippen LogP contribution in [0.4, 0.5) is 8.78 Å². The first-order valence-electron chi connectivity index (χ1n) is 10.6. The summed E-state index contributed by atoms with van der Waals surface area (Å²) in [5.74, 6) is -5.47. The number of carboxylic acids is 2. The highest BCUT2D eigenvalue weighted by Crippen LogP contribution is 2.27. The molecule has 0 fully saturated rings. The largest absolute Gasteiger partial charge is 0.479 e. The second-order valence-electron chi connectivity index (χ2n) is 7.70. The van der Waals surface area contributed by atoms with E-state index in [0.29, 0.717) is 0 Å². The first-order valence-corrected chi connectivity index (χ1v) is 11.0. The molecule has 0 saturated carbocycles. The Morgan fingerprint density at radius 3 is 2.24 bits per heavy atom. The summed E-state index contributed by atoms with van der Waals surface area (Å²) >= 11 is 5.87. The normalized spacial score (nSPS) is 12.3. The number of aromatic nitrogens is 1. The van der Waals surface area contributed by atoms with E-state index < -0.39 is 59.6 Å². The number of carboxylic acid groups (broad SMARTS) is 2. The van der Waals surface area contributed by atoms with Crippen LogP contribution in [0.15, 0.2) is 51.8 Å². The van der Waals surface area contributed by atoms with Crippen LogP contribution in [0.5, 0.6) is 0 Å². The molecule has 38 heavy (non-hydrogen) atoms. The third-order valence-electron chi connectivity index (χ3n) is 4.70. The van der Waals surface area contributed by atoms with Gasteiger partial charge in [0.05, 0.1) is 12.6 Å². The minimum atomic E-state index is -1.91. The highest BCUT2D eigenvalue weighted by Gasteiger charge is 2.23. The number of halogens is 3. The van der Waals surface area contributed by atoms with Gasteiger partial charge in [0, 0.05) is 22.7 Å². The number of amides is 1. The van der Waals surface area contributed by atoms with Crippen molar-refractivity contribution in [2.45, 2.75) is 25.7 Å². The van der Waals surface area contributed by atoms with Crippen molar-refractivity contribution in [1.82, 2.24) is 15.6 Å². The van der Waals surface area contributed by atoms with Gasteiger partial charge < -0.3 is 24.9 Å². The van der Waals surface area contributed by atoms with Crippen molar-refractivity contribution in [3.05, 3.63) is 80.8 Å². The maximum absolute atomic E-state index is 14.7. The summed E-state index contributed by atoms with van der Waals surface area (Å²) in [7, 11) is 0. The Labute approximate surface area is 217 Å². The molecule has 3 rings (SSSR count). The molecule has 0 bridgehead atoms. The molecule has 2 aromatic carbocycles.